The van der Waals surface area contributed by atoms with Crippen LogP contribution in [0, 0.1) is 5.92 Å². The Hall–Kier alpha value is -0.390. The molecule has 1 fully saturated rings. The third kappa shape index (κ3) is 3.06. The molecule has 1 heterocycles. The molecule has 0 spiro atoms. The normalized spacial score (nSPS) is 25.4. The van der Waals surface area contributed by atoms with E-state index in [2.05, 4.69) is 21.2 Å². The molecule has 0 unspecified atom stereocenters. The fraction of sp³-hybridized carbons (Fsp3) is 0.545. The number of carbonyl (C=O) groups is 1. The second-order valence-electron chi connectivity index (χ2n) is 4.10. The van der Waals surface area contributed by atoms with Crippen LogP contribution in [0.3, 0.4) is 0 Å². The van der Waals surface area contributed by atoms with E-state index in [-0.39, 0.29) is 17.9 Å². The predicted octanol–water partition coefficient (Wildman–Crippen LogP) is 3.00. The Balaban J connectivity index is 1.88. The first-order valence-corrected chi connectivity index (χ1v) is 7.00. The van der Waals surface area contributed by atoms with Crippen molar-refractivity contribution in [1.82, 2.24) is 0 Å². The maximum atomic E-state index is 11.9. The highest BCUT2D eigenvalue weighted by molar-refractivity contribution is 9.11. The number of aliphatic hydroxyl groups excluding tert-OH is 1. The number of thiophene rings is 1. The van der Waals surface area contributed by atoms with Gasteiger partial charge in [-0.05, 0) is 53.7 Å². The van der Waals surface area contributed by atoms with E-state index >= 15 is 0 Å². The number of rotatable bonds is 2. The fourth-order valence-corrected chi connectivity index (χ4v) is 3.23. The zero-order valence-electron chi connectivity index (χ0n) is 8.78. The highest BCUT2D eigenvalue weighted by Gasteiger charge is 2.25. The van der Waals surface area contributed by atoms with Crippen LogP contribution < -0.4 is 5.32 Å². The monoisotopic (exact) mass is 303 g/mol. The lowest BCUT2D eigenvalue weighted by atomic mass is 9.87. The number of anilines is 1. The predicted molar refractivity (Wildman–Crippen MR) is 68.6 cm³/mol. The Morgan fingerprint density at radius 3 is 2.62 bits per heavy atom. The number of carbonyl (C=O) groups excluding carboxylic acids is 1. The molecule has 5 heteroatoms. The maximum absolute atomic E-state index is 11.9. The van der Waals surface area contributed by atoms with Crippen LogP contribution in [0.4, 0.5) is 5.00 Å². The first kappa shape index (κ1) is 12.1. The van der Waals surface area contributed by atoms with Gasteiger partial charge in [-0.15, -0.1) is 11.3 Å². The number of amides is 1. The van der Waals surface area contributed by atoms with Crippen molar-refractivity contribution in [1.29, 1.82) is 0 Å². The Labute approximate surface area is 107 Å². The molecule has 1 aliphatic carbocycles. The summed E-state index contributed by atoms with van der Waals surface area (Å²) in [5.41, 5.74) is 0. The van der Waals surface area contributed by atoms with Crippen LogP contribution in [0.15, 0.2) is 15.9 Å². The molecule has 1 aliphatic rings. The van der Waals surface area contributed by atoms with E-state index in [1.165, 1.54) is 11.3 Å². The van der Waals surface area contributed by atoms with Gasteiger partial charge in [-0.2, -0.15) is 0 Å². The Morgan fingerprint density at radius 2 is 2.06 bits per heavy atom. The van der Waals surface area contributed by atoms with Crippen LogP contribution >= 0.6 is 27.3 Å². The fourth-order valence-electron chi connectivity index (χ4n) is 1.94. The Morgan fingerprint density at radius 1 is 1.38 bits per heavy atom. The van der Waals surface area contributed by atoms with Crippen LogP contribution in [0.1, 0.15) is 25.7 Å². The lowest BCUT2D eigenvalue weighted by molar-refractivity contribution is -0.121. The lowest BCUT2D eigenvalue weighted by Crippen LogP contribution is -2.28. The van der Waals surface area contributed by atoms with Crippen molar-refractivity contribution >= 4 is 38.2 Å². The van der Waals surface area contributed by atoms with E-state index in [1.807, 2.05) is 12.1 Å². The molecule has 88 valence electrons. The second kappa shape index (κ2) is 5.29. The van der Waals surface area contributed by atoms with Gasteiger partial charge in [0.2, 0.25) is 5.91 Å². The Kier molecular flexibility index (Phi) is 4.00. The average Bonchev–Trinajstić information content (AvgIpc) is 2.65. The van der Waals surface area contributed by atoms with Crippen molar-refractivity contribution in [3.05, 3.63) is 15.9 Å². The van der Waals surface area contributed by atoms with Gasteiger partial charge in [0.15, 0.2) is 0 Å². The molecule has 0 aliphatic heterocycles. The molecule has 0 saturated heterocycles. The maximum Gasteiger partial charge on any atom is 0.228 e. The quantitative estimate of drug-likeness (QED) is 0.882. The molecular formula is C11H14BrNO2S. The molecule has 1 saturated carbocycles. The number of aliphatic hydroxyl groups is 1. The van der Waals surface area contributed by atoms with Gasteiger partial charge in [0, 0.05) is 5.92 Å². The summed E-state index contributed by atoms with van der Waals surface area (Å²) in [6, 6.07) is 3.81. The van der Waals surface area contributed by atoms with Gasteiger partial charge >= 0.3 is 0 Å². The van der Waals surface area contributed by atoms with Crippen molar-refractivity contribution in [2.75, 3.05) is 5.32 Å². The minimum atomic E-state index is -0.208. The van der Waals surface area contributed by atoms with E-state index in [0.29, 0.717) is 0 Å². The number of hydrogen-bond acceptors (Lipinski definition) is 3. The van der Waals surface area contributed by atoms with E-state index in [0.717, 1.165) is 34.5 Å². The van der Waals surface area contributed by atoms with E-state index in [1.54, 1.807) is 0 Å². The minimum Gasteiger partial charge on any atom is -0.393 e. The van der Waals surface area contributed by atoms with E-state index in [9.17, 15) is 9.90 Å². The minimum absolute atomic E-state index is 0.0595. The van der Waals surface area contributed by atoms with Crippen LogP contribution in [-0.2, 0) is 4.79 Å². The van der Waals surface area contributed by atoms with Crippen LogP contribution in [0.5, 0.6) is 0 Å². The third-order valence-corrected chi connectivity index (χ3v) is 4.43. The largest absolute Gasteiger partial charge is 0.393 e. The summed E-state index contributed by atoms with van der Waals surface area (Å²) in [7, 11) is 0. The van der Waals surface area contributed by atoms with Crippen LogP contribution in [0.2, 0.25) is 0 Å². The highest BCUT2D eigenvalue weighted by atomic mass is 79.9. The molecule has 0 atom stereocenters. The zero-order chi connectivity index (χ0) is 11.5. The molecule has 0 radical (unpaired) electrons. The third-order valence-electron chi connectivity index (χ3n) is 2.89. The molecule has 1 aromatic heterocycles. The van der Waals surface area contributed by atoms with Crippen molar-refractivity contribution in [3.63, 3.8) is 0 Å². The van der Waals surface area contributed by atoms with Gasteiger partial charge < -0.3 is 10.4 Å². The molecule has 0 bridgehead atoms. The summed E-state index contributed by atoms with van der Waals surface area (Å²) >= 11 is 4.88. The summed E-state index contributed by atoms with van der Waals surface area (Å²) in [6.07, 6.45) is 2.86. The summed E-state index contributed by atoms with van der Waals surface area (Å²) in [6.45, 7) is 0. The molecule has 1 aromatic rings. The first-order chi connectivity index (χ1) is 7.65. The smallest absolute Gasteiger partial charge is 0.228 e. The molecule has 2 N–H and O–H groups in total. The van der Waals surface area contributed by atoms with Crippen molar-refractivity contribution in [2.24, 2.45) is 5.92 Å². The number of hydrogen-bond donors (Lipinski definition) is 2. The molecular weight excluding hydrogens is 290 g/mol. The first-order valence-electron chi connectivity index (χ1n) is 5.39. The van der Waals surface area contributed by atoms with Gasteiger partial charge in [0.1, 0.15) is 0 Å². The number of halogens is 1. The molecule has 1 amide bonds. The second-order valence-corrected chi connectivity index (χ2v) is 6.56. The topological polar surface area (TPSA) is 49.3 Å². The summed E-state index contributed by atoms with van der Waals surface area (Å²) in [5.74, 6) is 0.144. The molecule has 0 aromatic carbocycles. The van der Waals surface area contributed by atoms with Crippen molar-refractivity contribution in [2.45, 2.75) is 31.8 Å². The molecule has 3 nitrogen and oxygen atoms in total. The van der Waals surface area contributed by atoms with Gasteiger partial charge in [-0.3, -0.25) is 4.79 Å². The standard InChI is InChI=1S/C11H14BrNO2S/c12-9-5-6-10(16-9)13-11(15)7-1-3-8(14)4-2-7/h5-8,14H,1-4H2,(H,13,15). The van der Waals surface area contributed by atoms with Crippen molar-refractivity contribution in [3.8, 4) is 0 Å². The lowest BCUT2D eigenvalue weighted by Gasteiger charge is -2.24. The number of nitrogens with one attached hydrogen (secondary N) is 1. The van der Waals surface area contributed by atoms with Gasteiger partial charge in [-0.25, -0.2) is 0 Å². The SMILES string of the molecule is O=C(Nc1ccc(Br)s1)C1CCC(O)CC1. The Bertz CT molecular complexity index is 372. The van der Waals surface area contributed by atoms with Crippen LogP contribution in [-0.4, -0.2) is 17.1 Å². The van der Waals surface area contributed by atoms with Gasteiger partial charge in [-0.1, -0.05) is 0 Å². The van der Waals surface area contributed by atoms with Gasteiger partial charge in [0.05, 0.1) is 14.9 Å². The van der Waals surface area contributed by atoms with Crippen molar-refractivity contribution < 1.29 is 9.90 Å². The summed E-state index contributed by atoms with van der Waals surface area (Å²) < 4.78 is 1.02. The molecule has 2 rings (SSSR count). The van der Waals surface area contributed by atoms with E-state index in [4.69, 9.17) is 0 Å². The van der Waals surface area contributed by atoms with E-state index < -0.39 is 0 Å². The molecule has 16 heavy (non-hydrogen) atoms. The summed E-state index contributed by atoms with van der Waals surface area (Å²) in [5, 5.41) is 13.2. The summed E-state index contributed by atoms with van der Waals surface area (Å²) in [4.78, 5) is 11.9. The van der Waals surface area contributed by atoms with Gasteiger partial charge in [0.25, 0.3) is 0 Å². The average molecular weight is 304 g/mol. The highest BCUT2D eigenvalue weighted by Crippen LogP contribution is 2.29. The van der Waals surface area contributed by atoms with Crippen LogP contribution in [0.25, 0.3) is 0 Å². The zero-order valence-corrected chi connectivity index (χ0v) is 11.2.